The van der Waals surface area contributed by atoms with Crippen LogP contribution in [0.3, 0.4) is 0 Å². The molecule has 3 aromatic heterocycles. The average Bonchev–Trinajstić information content (AvgIpc) is 2.95. The van der Waals surface area contributed by atoms with Crippen molar-refractivity contribution >= 4 is 17.0 Å². The van der Waals surface area contributed by atoms with E-state index in [1.807, 2.05) is 29.5 Å². The molecule has 0 bridgehead atoms. The molecule has 0 aliphatic carbocycles. The molecule has 3 nitrogen and oxygen atoms in total. The Kier molecular flexibility index (Phi) is 3.83. The Morgan fingerprint density at radius 3 is 2.81 bits per heavy atom. The summed E-state index contributed by atoms with van der Waals surface area (Å²) in [5, 5.41) is 3.63. The van der Waals surface area contributed by atoms with Gasteiger partial charge in [0.1, 0.15) is 5.65 Å². The predicted molar refractivity (Wildman–Crippen MR) is 89.0 cm³/mol. The second-order valence-corrected chi connectivity index (χ2v) is 7.00. The zero-order valence-electron chi connectivity index (χ0n) is 13.0. The molecule has 3 aromatic rings. The van der Waals surface area contributed by atoms with E-state index in [0.29, 0.717) is 6.04 Å². The number of imidazole rings is 1. The molecule has 3 rings (SSSR count). The van der Waals surface area contributed by atoms with Crippen molar-refractivity contribution in [1.82, 2.24) is 14.7 Å². The number of nitrogens with zero attached hydrogens (tertiary/aromatic N) is 2. The van der Waals surface area contributed by atoms with E-state index in [2.05, 4.69) is 54.7 Å². The fourth-order valence-electron chi connectivity index (χ4n) is 2.82. The number of aromatic nitrogens is 2. The number of fused-ring (bicyclic) bond motifs is 1. The van der Waals surface area contributed by atoms with Gasteiger partial charge < -0.3 is 9.72 Å². The highest BCUT2D eigenvalue weighted by atomic mass is 32.1. The molecular weight excluding hydrogens is 278 g/mol. The molecule has 0 amide bonds. The minimum absolute atomic E-state index is 0.351. The third-order valence-corrected chi connectivity index (χ3v) is 4.93. The van der Waals surface area contributed by atoms with Gasteiger partial charge in [0.05, 0.1) is 11.4 Å². The quantitative estimate of drug-likeness (QED) is 0.783. The summed E-state index contributed by atoms with van der Waals surface area (Å²) in [5.41, 5.74) is 4.76. The maximum Gasteiger partial charge on any atom is 0.137 e. The molecule has 0 fully saturated rings. The Balaban J connectivity index is 1.80. The van der Waals surface area contributed by atoms with Gasteiger partial charge in [0.25, 0.3) is 0 Å². The van der Waals surface area contributed by atoms with E-state index in [4.69, 9.17) is 0 Å². The fraction of sp³-hybridized carbons (Fsp3) is 0.353. The molecule has 1 unspecified atom stereocenters. The van der Waals surface area contributed by atoms with Crippen molar-refractivity contribution in [2.24, 2.45) is 0 Å². The predicted octanol–water partition coefficient (Wildman–Crippen LogP) is 4.17. The summed E-state index contributed by atoms with van der Waals surface area (Å²) >= 11 is 1.87. The van der Waals surface area contributed by atoms with Crippen molar-refractivity contribution in [3.63, 3.8) is 0 Å². The first-order chi connectivity index (χ1) is 10.1. The largest absolute Gasteiger partial charge is 0.305 e. The number of pyridine rings is 1. The Hall–Kier alpha value is -1.65. The molecule has 1 atom stereocenters. The summed E-state index contributed by atoms with van der Waals surface area (Å²) in [6.07, 6.45) is 2.08. The van der Waals surface area contributed by atoms with Crippen LogP contribution in [-0.4, -0.2) is 9.38 Å². The van der Waals surface area contributed by atoms with Crippen molar-refractivity contribution in [2.45, 2.75) is 40.3 Å². The van der Waals surface area contributed by atoms with Crippen LogP contribution in [0.4, 0.5) is 0 Å². The van der Waals surface area contributed by atoms with E-state index in [1.54, 1.807) is 0 Å². The van der Waals surface area contributed by atoms with Crippen LogP contribution in [0.2, 0.25) is 0 Å². The molecule has 0 aromatic carbocycles. The van der Waals surface area contributed by atoms with Crippen LogP contribution >= 0.6 is 11.3 Å². The van der Waals surface area contributed by atoms with Crippen molar-refractivity contribution in [3.8, 4) is 0 Å². The molecule has 0 radical (unpaired) electrons. The number of nitrogens with one attached hydrogen (secondary N) is 1. The Morgan fingerprint density at radius 1 is 1.29 bits per heavy atom. The number of hydrogen-bond donors (Lipinski definition) is 1. The van der Waals surface area contributed by atoms with Crippen LogP contribution < -0.4 is 5.32 Å². The van der Waals surface area contributed by atoms with E-state index >= 15 is 0 Å². The van der Waals surface area contributed by atoms with Crippen LogP contribution in [0, 0.1) is 20.8 Å². The molecule has 0 spiro atoms. The van der Waals surface area contributed by atoms with Gasteiger partial charge in [-0.3, -0.25) is 0 Å². The molecular formula is C17H21N3S. The van der Waals surface area contributed by atoms with Gasteiger partial charge in [-0.2, -0.15) is 0 Å². The van der Waals surface area contributed by atoms with Gasteiger partial charge in [-0.1, -0.05) is 6.07 Å². The van der Waals surface area contributed by atoms with Gasteiger partial charge in [0.2, 0.25) is 0 Å². The highest BCUT2D eigenvalue weighted by molar-refractivity contribution is 7.12. The number of aryl methyl sites for hydroxylation is 3. The molecule has 3 heterocycles. The average molecular weight is 299 g/mol. The van der Waals surface area contributed by atoms with Crippen LogP contribution in [-0.2, 0) is 6.54 Å². The first-order valence-corrected chi connectivity index (χ1v) is 8.11. The molecule has 0 aliphatic rings. The Labute approximate surface area is 129 Å². The number of thiophene rings is 1. The van der Waals surface area contributed by atoms with Gasteiger partial charge in [0, 0.05) is 28.5 Å². The minimum atomic E-state index is 0.351. The first kappa shape index (κ1) is 14.3. The maximum absolute atomic E-state index is 4.61. The topological polar surface area (TPSA) is 29.3 Å². The Bertz CT molecular complexity index is 770. The second kappa shape index (κ2) is 5.62. The van der Waals surface area contributed by atoms with Gasteiger partial charge in [-0.05, 0) is 51.5 Å². The Morgan fingerprint density at radius 2 is 2.10 bits per heavy atom. The summed E-state index contributed by atoms with van der Waals surface area (Å²) in [6.45, 7) is 9.50. The summed E-state index contributed by atoms with van der Waals surface area (Å²) < 4.78 is 2.17. The van der Waals surface area contributed by atoms with Gasteiger partial charge in [-0.25, -0.2) is 4.98 Å². The summed E-state index contributed by atoms with van der Waals surface area (Å²) in [5.74, 6) is 0. The summed E-state index contributed by atoms with van der Waals surface area (Å²) in [7, 11) is 0. The second-order valence-electron chi connectivity index (χ2n) is 5.54. The number of hydrogen-bond acceptors (Lipinski definition) is 3. The zero-order chi connectivity index (χ0) is 15.0. The minimum Gasteiger partial charge on any atom is -0.305 e. The van der Waals surface area contributed by atoms with Crippen molar-refractivity contribution in [3.05, 3.63) is 57.2 Å². The van der Waals surface area contributed by atoms with Crippen molar-refractivity contribution in [1.29, 1.82) is 0 Å². The summed E-state index contributed by atoms with van der Waals surface area (Å²) in [6, 6.07) is 8.77. The highest BCUT2D eigenvalue weighted by Crippen LogP contribution is 2.26. The molecule has 21 heavy (non-hydrogen) atoms. The van der Waals surface area contributed by atoms with E-state index in [0.717, 1.165) is 17.9 Å². The molecule has 0 saturated carbocycles. The van der Waals surface area contributed by atoms with Gasteiger partial charge in [-0.15, -0.1) is 11.3 Å². The van der Waals surface area contributed by atoms with E-state index in [1.165, 1.54) is 21.0 Å². The molecule has 110 valence electrons. The molecule has 1 N–H and O–H groups in total. The van der Waals surface area contributed by atoms with Gasteiger partial charge in [0.15, 0.2) is 0 Å². The lowest BCUT2D eigenvalue weighted by molar-refractivity contribution is 0.563. The van der Waals surface area contributed by atoms with E-state index < -0.39 is 0 Å². The van der Waals surface area contributed by atoms with Gasteiger partial charge >= 0.3 is 0 Å². The zero-order valence-corrected chi connectivity index (χ0v) is 13.8. The molecule has 4 heteroatoms. The van der Waals surface area contributed by atoms with E-state index in [9.17, 15) is 0 Å². The fourth-order valence-corrected chi connectivity index (χ4v) is 3.84. The van der Waals surface area contributed by atoms with Crippen LogP contribution in [0.25, 0.3) is 5.65 Å². The summed E-state index contributed by atoms with van der Waals surface area (Å²) in [4.78, 5) is 7.39. The smallest absolute Gasteiger partial charge is 0.137 e. The lowest BCUT2D eigenvalue weighted by Crippen LogP contribution is -2.19. The first-order valence-electron chi connectivity index (χ1n) is 7.29. The van der Waals surface area contributed by atoms with Crippen LogP contribution in [0.15, 0.2) is 30.5 Å². The molecule has 0 aliphatic heterocycles. The lowest BCUT2D eigenvalue weighted by atomic mass is 10.1. The lowest BCUT2D eigenvalue weighted by Gasteiger charge is -2.14. The number of rotatable bonds is 4. The van der Waals surface area contributed by atoms with Crippen molar-refractivity contribution < 1.29 is 0 Å². The SMILES string of the molecule is Cc1cc(C(C)NCc2c(C)nc3ccccn23)c(C)s1. The highest BCUT2D eigenvalue weighted by Gasteiger charge is 2.13. The van der Waals surface area contributed by atoms with Crippen molar-refractivity contribution in [2.75, 3.05) is 0 Å². The third kappa shape index (κ3) is 2.74. The molecule has 0 saturated heterocycles. The van der Waals surface area contributed by atoms with Crippen LogP contribution in [0.5, 0.6) is 0 Å². The normalized spacial score (nSPS) is 13.0. The van der Waals surface area contributed by atoms with Crippen LogP contribution in [0.1, 0.15) is 39.7 Å². The van der Waals surface area contributed by atoms with E-state index in [-0.39, 0.29) is 0 Å². The maximum atomic E-state index is 4.61. The monoisotopic (exact) mass is 299 g/mol. The third-order valence-electron chi connectivity index (χ3n) is 3.95. The standard InChI is InChI=1S/C17H21N3S/c1-11-9-15(14(4)21-11)12(2)18-10-16-13(3)19-17-7-5-6-8-20(16)17/h5-9,12,18H,10H2,1-4H3.